The van der Waals surface area contributed by atoms with Crippen molar-refractivity contribution in [2.45, 2.75) is 0 Å². The van der Waals surface area contributed by atoms with E-state index in [1.165, 1.54) is 0 Å². The quantitative estimate of drug-likeness (QED) is 0.597. The van der Waals surface area contributed by atoms with Crippen LogP contribution in [0.2, 0.25) is 0 Å². The minimum absolute atomic E-state index is 0.457. The molecule has 0 saturated carbocycles. The van der Waals surface area contributed by atoms with Crippen LogP contribution in [0.1, 0.15) is 1.37 Å². The Morgan fingerprint density at radius 1 is 1.23 bits per heavy atom. The summed E-state index contributed by atoms with van der Waals surface area (Å²) in [4.78, 5) is 4.25. The van der Waals surface area contributed by atoms with Crippen LogP contribution in [0.5, 0.6) is 0 Å². The maximum atomic E-state index is 7.63. The van der Waals surface area contributed by atoms with Gasteiger partial charge in [-0.25, -0.2) is 4.57 Å². The molecule has 1 aromatic carbocycles. The SMILES string of the molecule is [2H]c1cc(-c2ccccc2)nc[n+]1C. The number of benzene rings is 1. The molecule has 2 heteroatoms. The van der Waals surface area contributed by atoms with Crippen LogP contribution in [0.4, 0.5) is 0 Å². The van der Waals surface area contributed by atoms with Crippen molar-refractivity contribution < 1.29 is 5.94 Å². The van der Waals surface area contributed by atoms with Crippen molar-refractivity contribution in [3.05, 3.63) is 48.9 Å². The van der Waals surface area contributed by atoms with Gasteiger partial charge in [0.15, 0.2) is 5.69 Å². The molecule has 2 aromatic rings. The Bertz CT molecular complexity index is 440. The van der Waals surface area contributed by atoms with E-state index < -0.39 is 0 Å². The normalized spacial score (nSPS) is 11.0. The van der Waals surface area contributed by atoms with E-state index in [0.29, 0.717) is 6.17 Å². The third-order valence-electron chi connectivity index (χ3n) is 1.84. The lowest BCUT2D eigenvalue weighted by molar-refractivity contribution is -0.674. The minimum atomic E-state index is 0.457. The topological polar surface area (TPSA) is 16.8 Å². The zero-order valence-corrected chi connectivity index (χ0v) is 7.44. The lowest BCUT2D eigenvalue weighted by atomic mass is 10.1. The van der Waals surface area contributed by atoms with Crippen molar-refractivity contribution >= 4 is 0 Å². The molecule has 2 nitrogen and oxygen atoms in total. The molecule has 1 aromatic heterocycles. The summed E-state index contributed by atoms with van der Waals surface area (Å²) in [6.45, 7) is 0. The Morgan fingerprint density at radius 3 is 2.69 bits per heavy atom. The van der Waals surface area contributed by atoms with E-state index in [4.69, 9.17) is 1.37 Å². The summed E-state index contributed by atoms with van der Waals surface area (Å²) in [6, 6.07) is 11.6. The lowest BCUT2D eigenvalue weighted by Crippen LogP contribution is -2.26. The van der Waals surface area contributed by atoms with Crippen molar-refractivity contribution in [3.8, 4) is 11.3 Å². The molecular weight excluding hydrogens is 160 g/mol. The third kappa shape index (κ3) is 1.72. The van der Waals surface area contributed by atoms with Gasteiger partial charge in [0.1, 0.15) is 1.37 Å². The summed E-state index contributed by atoms with van der Waals surface area (Å²) < 4.78 is 9.31. The molecule has 13 heavy (non-hydrogen) atoms. The van der Waals surface area contributed by atoms with Gasteiger partial charge >= 0.3 is 0 Å². The van der Waals surface area contributed by atoms with E-state index in [0.717, 1.165) is 11.3 Å². The number of hydrogen-bond acceptors (Lipinski definition) is 1. The van der Waals surface area contributed by atoms with E-state index >= 15 is 0 Å². The van der Waals surface area contributed by atoms with Crippen molar-refractivity contribution in [1.82, 2.24) is 4.98 Å². The van der Waals surface area contributed by atoms with Gasteiger partial charge in [-0.15, -0.1) is 0 Å². The van der Waals surface area contributed by atoms with Crippen molar-refractivity contribution in [3.63, 3.8) is 0 Å². The highest BCUT2D eigenvalue weighted by molar-refractivity contribution is 5.57. The summed E-state index contributed by atoms with van der Waals surface area (Å²) in [6.07, 6.45) is 2.11. The molecule has 0 spiro atoms. The molecule has 0 amide bonds. The Kier molecular flexibility index (Phi) is 1.75. The van der Waals surface area contributed by atoms with E-state index in [-0.39, 0.29) is 0 Å². The van der Waals surface area contributed by atoms with Gasteiger partial charge < -0.3 is 0 Å². The predicted octanol–water partition coefficient (Wildman–Crippen LogP) is 1.57. The lowest BCUT2D eigenvalue weighted by Gasteiger charge is -1.93. The first-order chi connectivity index (χ1) is 6.77. The van der Waals surface area contributed by atoms with Crippen LogP contribution in [-0.2, 0) is 7.05 Å². The highest BCUT2D eigenvalue weighted by Gasteiger charge is 2.02. The first-order valence-corrected chi connectivity index (χ1v) is 4.15. The molecule has 0 radical (unpaired) electrons. The van der Waals surface area contributed by atoms with Crippen LogP contribution in [0.15, 0.2) is 48.9 Å². The van der Waals surface area contributed by atoms with E-state index in [1.54, 1.807) is 17.0 Å². The fourth-order valence-electron chi connectivity index (χ4n) is 1.15. The molecule has 0 aliphatic rings. The predicted molar refractivity (Wildman–Crippen MR) is 50.8 cm³/mol. The van der Waals surface area contributed by atoms with Crippen molar-refractivity contribution in [1.29, 1.82) is 0 Å². The van der Waals surface area contributed by atoms with Crippen molar-refractivity contribution in [2.75, 3.05) is 0 Å². The Hall–Kier alpha value is -1.70. The second-order valence-electron chi connectivity index (χ2n) is 2.88. The van der Waals surface area contributed by atoms with Crippen LogP contribution in [-0.4, -0.2) is 4.98 Å². The van der Waals surface area contributed by atoms with E-state index in [9.17, 15) is 0 Å². The van der Waals surface area contributed by atoms with Crippen LogP contribution >= 0.6 is 0 Å². The maximum Gasteiger partial charge on any atom is 0.286 e. The molecule has 0 fully saturated rings. The van der Waals surface area contributed by atoms with Crippen LogP contribution in [0.3, 0.4) is 0 Å². The smallest absolute Gasteiger partial charge is 0.240 e. The molecule has 64 valence electrons. The zero-order chi connectivity index (χ0) is 9.97. The van der Waals surface area contributed by atoms with Gasteiger partial charge in [-0.05, 0) is 4.98 Å². The number of hydrogen-bond donors (Lipinski definition) is 0. The fourth-order valence-corrected chi connectivity index (χ4v) is 1.15. The molecule has 0 aliphatic carbocycles. The Morgan fingerprint density at radius 2 is 2.00 bits per heavy atom. The number of nitrogens with zero attached hydrogens (tertiary/aromatic N) is 2. The standard InChI is InChI=1S/C11H11N2/c1-13-8-7-11(12-9-13)10-5-3-2-4-6-10/h2-9H,1H3/q+1/i8D. The number of aromatic nitrogens is 2. The minimum Gasteiger partial charge on any atom is -0.240 e. The molecule has 1 heterocycles. The van der Waals surface area contributed by atoms with Gasteiger partial charge in [-0.1, -0.05) is 30.3 Å². The van der Waals surface area contributed by atoms with Gasteiger partial charge in [-0.3, -0.25) is 0 Å². The average Bonchev–Trinajstić information content (AvgIpc) is 2.23. The molecule has 0 unspecified atom stereocenters. The summed E-state index contributed by atoms with van der Waals surface area (Å²) >= 11 is 0. The van der Waals surface area contributed by atoms with Gasteiger partial charge in [0.25, 0.3) is 6.33 Å². The monoisotopic (exact) mass is 172 g/mol. The zero-order valence-electron chi connectivity index (χ0n) is 8.44. The van der Waals surface area contributed by atoms with Crippen molar-refractivity contribution in [2.24, 2.45) is 7.05 Å². The van der Waals surface area contributed by atoms with Gasteiger partial charge in [0.05, 0.1) is 13.2 Å². The molecule has 0 aliphatic heterocycles. The largest absolute Gasteiger partial charge is 0.286 e. The highest BCUT2D eigenvalue weighted by Crippen LogP contribution is 2.13. The first-order valence-electron chi connectivity index (χ1n) is 4.65. The summed E-state index contributed by atoms with van der Waals surface area (Å²) in [7, 11) is 1.81. The first kappa shape index (κ1) is 6.78. The van der Waals surface area contributed by atoms with E-state index in [1.807, 2.05) is 37.4 Å². The second-order valence-corrected chi connectivity index (χ2v) is 2.88. The second kappa shape index (κ2) is 3.35. The third-order valence-corrected chi connectivity index (χ3v) is 1.84. The maximum absolute atomic E-state index is 7.63. The summed E-state index contributed by atoms with van der Waals surface area (Å²) in [5.41, 5.74) is 1.88. The molecule has 0 bridgehead atoms. The Balaban J connectivity index is 2.48. The van der Waals surface area contributed by atoms with Crippen LogP contribution in [0, 0.1) is 0 Å². The van der Waals surface area contributed by atoms with Gasteiger partial charge in [0, 0.05) is 11.6 Å². The molecular formula is C11H11N2+. The van der Waals surface area contributed by atoms with Crippen LogP contribution in [0.25, 0.3) is 11.3 Å². The van der Waals surface area contributed by atoms with Gasteiger partial charge in [0.2, 0.25) is 0 Å². The molecule has 2 rings (SSSR count). The Labute approximate surface area is 78.9 Å². The molecule has 0 atom stereocenters. The van der Waals surface area contributed by atoms with Gasteiger partial charge in [-0.2, -0.15) is 0 Å². The average molecular weight is 172 g/mol. The fraction of sp³-hybridized carbons (Fsp3) is 0.0909. The van der Waals surface area contributed by atoms with E-state index in [2.05, 4.69) is 4.98 Å². The van der Waals surface area contributed by atoms with Crippen LogP contribution < -0.4 is 4.57 Å². The highest BCUT2D eigenvalue weighted by atomic mass is 15.0. The summed E-state index contributed by atoms with van der Waals surface area (Å²) in [5.74, 6) is 0. The molecule has 0 saturated heterocycles. The molecule has 0 N–H and O–H groups in total. The number of rotatable bonds is 1. The summed E-state index contributed by atoms with van der Waals surface area (Å²) in [5, 5.41) is 0. The number of aryl methyl sites for hydroxylation is 1.